The zero-order valence-corrected chi connectivity index (χ0v) is 8.94. The highest BCUT2D eigenvalue weighted by atomic mass is 16.5. The van der Waals surface area contributed by atoms with Crippen LogP contribution in [0.3, 0.4) is 0 Å². The lowest BCUT2D eigenvalue weighted by Gasteiger charge is -2.06. The second kappa shape index (κ2) is 4.42. The Kier molecular flexibility index (Phi) is 2.99. The molecule has 0 saturated heterocycles. The van der Waals surface area contributed by atoms with E-state index in [-0.39, 0.29) is 0 Å². The second-order valence-electron chi connectivity index (χ2n) is 3.95. The highest BCUT2D eigenvalue weighted by molar-refractivity contribution is 5.82. The standard InChI is InChI=1S/C10H16N4O/c1-7-13-9(14-15-7)6-12-10(11)8-4-2-3-5-8/h8H,2-6H2,1H3,(H2,11,12). The predicted molar refractivity (Wildman–Crippen MR) is 56.3 cm³/mol. The van der Waals surface area contributed by atoms with E-state index in [0.717, 1.165) is 5.84 Å². The Balaban J connectivity index is 1.92. The summed E-state index contributed by atoms with van der Waals surface area (Å²) in [5.41, 5.74) is 5.90. The largest absolute Gasteiger partial charge is 0.387 e. The molecule has 5 heteroatoms. The van der Waals surface area contributed by atoms with E-state index in [1.165, 1.54) is 25.7 Å². The molecular formula is C10H16N4O. The predicted octanol–water partition coefficient (Wildman–Crippen LogP) is 1.43. The molecule has 1 aliphatic carbocycles. The van der Waals surface area contributed by atoms with Crippen LogP contribution in [0, 0.1) is 12.8 Å². The molecule has 1 fully saturated rings. The van der Waals surface area contributed by atoms with Crippen LogP contribution >= 0.6 is 0 Å². The molecule has 15 heavy (non-hydrogen) atoms. The maximum Gasteiger partial charge on any atom is 0.223 e. The van der Waals surface area contributed by atoms with Gasteiger partial charge in [-0.05, 0) is 12.8 Å². The normalized spacial score (nSPS) is 18.6. The molecule has 0 spiro atoms. The summed E-state index contributed by atoms with van der Waals surface area (Å²) in [7, 11) is 0. The number of rotatable bonds is 3. The third-order valence-electron chi connectivity index (χ3n) is 2.75. The molecule has 2 N–H and O–H groups in total. The van der Waals surface area contributed by atoms with E-state index < -0.39 is 0 Å². The fraction of sp³-hybridized carbons (Fsp3) is 0.700. The molecule has 1 saturated carbocycles. The average molecular weight is 208 g/mol. The van der Waals surface area contributed by atoms with Crippen LogP contribution in [0.25, 0.3) is 0 Å². The molecular weight excluding hydrogens is 192 g/mol. The molecule has 0 bridgehead atoms. The average Bonchev–Trinajstić information content (AvgIpc) is 2.84. The Hall–Kier alpha value is -1.39. The fourth-order valence-corrected chi connectivity index (χ4v) is 1.92. The number of nitrogens with two attached hydrogens (primary N) is 1. The third kappa shape index (κ3) is 2.55. The Morgan fingerprint density at radius 3 is 2.87 bits per heavy atom. The first-order valence-electron chi connectivity index (χ1n) is 5.34. The fourth-order valence-electron chi connectivity index (χ4n) is 1.92. The number of hydrogen-bond donors (Lipinski definition) is 1. The lowest BCUT2D eigenvalue weighted by molar-refractivity contribution is 0.387. The van der Waals surface area contributed by atoms with Gasteiger partial charge in [0.1, 0.15) is 6.54 Å². The number of hydrogen-bond acceptors (Lipinski definition) is 4. The van der Waals surface area contributed by atoms with Crippen molar-refractivity contribution in [2.45, 2.75) is 39.2 Å². The molecule has 0 aromatic carbocycles. The molecule has 2 rings (SSSR count). The van der Waals surface area contributed by atoms with Gasteiger partial charge in [0, 0.05) is 12.8 Å². The minimum Gasteiger partial charge on any atom is -0.387 e. The van der Waals surface area contributed by atoms with E-state index in [4.69, 9.17) is 10.3 Å². The van der Waals surface area contributed by atoms with Crippen molar-refractivity contribution >= 4 is 5.84 Å². The molecule has 5 nitrogen and oxygen atoms in total. The summed E-state index contributed by atoms with van der Waals surface area (Å²) in [4.78, 5) is 8.37. The van der Waals surface area contributed by atoms with Crippen molar-refractivity contribution in [3.63, 3.8) is 0 Å². The van der Waals surface area contributed by atoms with Crippen molar-refractivity contribution in [3.8, 4) is 0 Å². The minimum atomic E-state index is 0.430. The minimum absolute atomic E-state index is 0.430. The van der Waals surface area contributed by atoms with Gasteiger partial charge in [0.25, 0.3) is 0 Å². The monoisotopic (exact) mass is 208 g/mol. The maximum atomic E-state index is 5.90. The molecule has 1 aromatic heterocycles. The van der Waals surface area contributed by atoms with Gasteiger partial charge in [-0.3, -0.25) is 4.99 Å². The Morgan fingerprint density at radius 1 is 1.53 bits per heavy atom. The van der Waals surface area contributed by atoms with Gasteiger partial charge in [-0.2, -0.15) is 4.98 Å². The van der Waals surface area contributed by atoms with Crippen molar-refractivity contribution in [1.82, 2.24) is 10.1 Å². The molecule has 0 atom stereocenters. The number of nitrogens with zero attached hydrogens (tertiary/aromatic N) is 3. The molecule has 0 aliphatic heterocycles. The van der Waals surface area contributed by atoms with Crippen molar-refractivity contribution in [2.24, 2.45) is 16.6 Å². The van der Waals surface area contributed by atoms with E-state index in [1.807, 2.05) is 0 Å². The van der Waals surface area contributed by atoms with Crippen molar-refractivity contribution < 1.29 is 4.52 Å². The highest BCUT2D eigenvalue weighted by Crippen LogP contribution is 2.24. The molecule has 1 aromatic rings. The van der Waals surface area contributed by atoms with Crippen LogP contribution in [-0.4, -0.2) is 16.0 Å². The van der Waals surface area contributed by atoms with E-state index in [0.29, 0.717) is 24.2 Å². The number of aliphatic imine (C=N–C) groups is 1. The van der Waals surface area contributed by atoms with E-state index in [9.17, 15) is 0 Å². The lowest BCUT2D eigenvalue weighted by Crippen LogP contribution is -2.21. The second-order valence-corrected chi connectivity index (χ2v) is 3.95. The Morgan fingerprint density at radius 2 is 2.27 bits per heavy atom. The molecule has 1 aliphatic rings. The number of aromatic nitrogens is 2. The zero-order chi connectivity index (χ0) is 10.7. The van der Waals surface area contributed by atoms with Gasteiger partial charge in [-0.1, -0.05) is 18.0 Å². The molecule has 0 radical (unpaired) electrons. The Labute approximate surface area is 88.8 Å². The van der Waals surface area contributed by atoms with E-state index >= 15 is 0 Å². The van der Waals surface area contributed by atoms with Gasteiger partial charge in [0.05, 0.1) is 5.84 Å². The molecule has 0 amide bonds. The maximum absolute atomic E-state index is 5.90. The van der Waals surface area contributed by atoms with Gasteiger partial charge < -0.3 is 10.3 Å². The summed E-state index contributed by atoms with van der Waals surface area (Å²) >= 11 is 0. The van der Waals surface area contributed by atoms with Crippen molar-refractivity contribution in [3.05, 3.63) is 11.7 Å². The first-order chi connectivity index (χ1) is 7.25. The van der Waals surface area contributed by atoms with E-state index in [2.05, 4.69) is 15.1 Å². The summed E-state index contributed by atoms with van der Waals surface area (Å²) in [6.45, 7) is 2.19. The number of aryl methyl sites for hydroxylation is 1. The summed E-state index contributed by atoms with van der Waals surface area (Å²) < 4.78 is 4.85. The van der Waals surface area contributed by atoms with Gasteiger partial charge in [-0.15, -0.1) is 0 Å². The van der Waals surface area contributed by atoms with Crippen molar-refractivity contribution in [1.29, 1.82) is 0 Å². The van der Waals surface area contributed by atoms with Crippen molar-refractivity contribution in [2.75, 3.05) is 0 Å². The van der Waals surface area contributed by atoms with Gasteiger partial charge in [-0.25, -0.2) is 0 Å². The molecule has 82 valence electrons. The van der Waals surface area contributed by atoms with Crippen LogP contribution in [0.2, 0.25) is 0 Å². The van der Waals surface area contributed by atoms with Gasteiger partial charge in [0.15, 0.2) is 5.82 Å². The summed E-state index contributed by atoms with van der Waals surface area (Å²) in [6, 6.07) is 0. The summed E-state index contributed by atoms with van der Waals surface area (Å²) in [6.07, 6.45) is 4.87. The SMILES string of the molecule is Cc1nc(CN=C(N)C2CCCC2)no1. The van der Waals surface area contributed by atoms with Crippen LogP contribution in [0.15, 0.2) is 9.52 Å². The first-order valence-corrected chi connectivity index (χ1v) is 5.34. The highest BCUT2D eigenvalue weighted by Gasteiger charge is 2.18. The van der Waals surface area contributed by atoms with Gasteiger partial charge in [0.2, 0.25) is 5.89 Å². The third-order valence-corrected chi connectivity index (χ3v) is 2.75. The quantitative estimate of drug-likeness (QED) is 0.602. The van der Waals surface area contributed by atoms with Crippen LogP contribution in [0.5, 0.6) is 0 Å². The van der Waals surface area contributed by atoms with Gasteiger partial charge >= 0.3 is 0 Å². The lowest BCUT2D eigenvalue weighted by atomic mass is 10.1. The van der Waals surface area contributed by atoms with Crippen LogP contribution in [0.1, 0.15) is 37.4 Å². The van der Waals surface area contributed by atoms with Crippen LogP contribution in [-0.2, 0) is 6.54 Å². The topological polar surface area (TPSA) is 77.3 Å². The number of amidine groups is 1. The Bertz CT molecular complexity index is 352. The summed E-state index contributed by atoms with van der Waals surface area (Å²) in [5, 5.41) is 3.77. The molecule has 1 heterocycles. The smallest absolute Gasteiger partial charge is 0.223 e. The van der Waals surface area contributed by atoms with Crippen LogP contribution < -0.4 is 5.73 Å². The van der Waals surface area contributed by atoms with Crippen LogP contribution in [0.4, 0.5) is 0 Å². The molecule has 0 unspecified atom stereocenters. The summed E-state index contributed by atoms with van der Waals surface area (Å²) in [5.74, 6) is 2.39. The van der Waals surface area contributed by atoms with E-state index in [1.54, 1.807) is 6.92 Å². The zero-order valence-electron chi connectivity index (χ0n) is 8.94. The first kappa shape index (κ1) is 10.1.